The van der Waals surface area contributed by atoms with Crippen LogP contribution in [0.5, 0.6) is 0 Å². The molecule has 0 unspecified atom stereocenters. The van der Waals surface area contributed by atoms with Crippen molar-refractivity contribution < 1.29 is 19.2 Å². The first-order valence-electron chi connectivity index (χ1n) is 9.82. The van der Waals surface area contributed by atoms with Gasteiger partial charge in [0.2, 0.25) is 0 Å². The maximum absolute atomic E-state index is 13.5. The van der Waals surface area contributed by atoms with E-state index in [1.165, 1.54) is 12.1 Å². The van der Waals surface area contributed by atoms with Crippen molar-refractivity contribution in [1.29, 1.82) is 0 Å². The Balaban J connectivity index is 1.84. The van der Waals surface area contributed by atoms with Crippen molar-refractivity contribution in [2.45, 2.75) is 32.1 Å². The van der Waals surface area contributed by atoms with E-state index >= 15 is 0 Å². The Morgan fingerprint density at radius 3 is 2.76 bits per heavy atom. The van der Waals surface area contributed by atoms with Crippen molar-refractivity contribution in [3.8, 4) is 0 Å². The smallest absolute Gasteiger partial charge is 0.269 e. The normalized spacial score (nSPS) is 22.3. The van der Waals surface area contributed by atoms with Crippen LogP contribution in [-0.4, -0.2) is 47.8 Å². The molecule has 2 aliphatic heterocycles. The molecule has 4 rings (SSSR count). The van der Waals surface area contributed by atoms with E-state index in [0.717, 1.165) is 18.5 Å². The van der Waals surface area contributed by atoms with Gasteiger partial charge in [-0.15, -0.1) is 0 Å². The molecule has 0 spiro atoms. The van der Waals surface area contributed by atoms with E-state index in [9.17, 15) is 19.7 Å². The number of ether oxygens (including phenoxy) is 1. The molecule has 29 heavy (non-hydrogen) atoms. The van der Waals surface area contributed by atoms with Crippen molar-refractivity contribution in [2.24, 2.45) is 0 Å². The molecule has 1 saturated heterocycles. The lowest BCUT2D eigenvalue weighted by atomic mass is 9.74. The maximum atomic E-state index is 13.5. The van der Waals surface area contributed by atoms with Crippen LogP contribution in [0.1, 0.15) is 37.7 Å². The Hall–Kier alpha value is -3.00. The van der Waals surface area contributed by atoms with Crippen molar-refractivity contribution in [2.75, 3.05) is 26.3 Å². The van der Waals surface area contributed by atoms with E-state index in [0.29, 0.717) is 55.1 Å². The SMILES string of the molecule is CC1=C(C(=O)N2CCOCC2)[C@@H](c2cccc([N+](=O)[O-])c2)C2=C(CCCC2=O)N1. The minimum absolute atomic E-state index is 0.00460. The Morgan fingerprint density at radius 2 is 2.03 bits per heavy atom. The maximum Gasteiger partial charge on any atom is 0.269 e. The molecular weight excluding hydrogens is 374 g/mol. The van der Waals surface area contributed by atoms with Gasteiger partial charge in [0.1, 0.15) is 0 Å². The Kier molecular flexibility index (Phi) is 5.19. The van der Waals surface area contributed by atoms with Crippen LogP contribution in [0.25, 0.3) is 0 Å². The highest BCUT2D eigenvalue weighted by atomic mass is 16.6. The molecule has 3 aliphatic rings. The van der Waals surface area contributed by atoms with E-state index in [-0.39, 0.29) is 17.4 Å². The topological polar surface area (TPSA) is 102 Å². The number of nitrogens with one attached hydrogen (secondary N) is 1. The van der Waals surface area contributed by atoms with Gasteiger partial charge in [-0.3, -0.25) is 19.7 Å². The number of allylic oxidation sites excluding steroid dienone is 3. The van der Waals surface area contributed by atoms with Crippen molar-refractivity contribution >= 4 is 17.4 Å². The van der Waals surface area contributed by atoms with Crippen molar-refractivity contribution in [3.05, 3.63) is 62.5 Å². The first kappa shape index (κ1) is 19.3. The lowest BCUT2D eigenvalue weighted by Crippen LogP contribution is -2.44. The van der Waals surface area contributed by atoms with Gasteiger partial charge in [0.25, 0.3) is 11.6 Å². The van der Waals surface area contributed by atoms with Crippen LogP contribution >= 0.6 is 0 Å². The van der Waals surface area contributed by atoms with Crippen LogP contribution in [0.15, 0.2) is 46.8 Å². The predicted octanol–water partition coefficient (Wildman–Crippen LogP) is 2.42. The number of nitrogens with zero attached hydrogens (tertiary/aromatic N) is 2. The number of Topliss-reactive ketones (excluding diaryl/α,β-unsaturated/α-hetero) is 1. The minimum Gasteiger partial charge on any atom is -0.378 e. The molecule has 1 aromatic carbocycles. The summed E-state index contributed by atoms with van der Waals surface area (Å²) in [6.45, 7) is 3.74. The van der Waals surface area contributed by atoms with Crippen LogP contribution in [-0.2, 0) is 14.3 Å². The summed E-state index contributed by atoms with van der Waals surface area (Å²) in [5.74, 6) is -0.760. The molecule has 152 valence electrons. The van der Waals surface area contributed by atoms with Crippen LogP contribution in [0, 0.1) is 10.1 Å². The number of nitro groups is 1. The fourth-order valence-corrected chi connectivity index (χ4v) is 4.35. The van der Waals surface area contributed by atoms with E-state index < -0.39 is 10.8 Å². The predicted molar refractivity (Wildman–Crippen MR) is 105 cm³/mol. The number of carbonyl (C=O) groups is 2. The van der Waals surface area contributed by atoms with E-state index in [2.05, 4.69) is 5.32 Å². The van der Waals surface area contributed by atoms with Gasteiger partial charge in [-0.05, 0) is 25.3 Å². The van der Waals surface area contributed by atoms with Crippen LogP contribution < -0.4 is 5.32 Å². The van der Waals surface area contributed by atoms with Crippen LogP contribution in [0.4, 0.5) is 5.69 Å². The molecule has 1 aliphatic carbocycles. The standard InChI is InChI=1S/C21H23N3O5/c1-13-18(21(26)23-8-10-29-11-9-23)19(14-4-2-5-15(12-14)24(27)28)20-16(22-13)6-3-7-17(20)25/h2,4-5,12,19,22H,3,6-11H2,1H3/t19-/m1/s1. The van der Waals surface area contributed by atoms with Gasteiger partial charge in [-0.25, -0.2) is 0 Å². The number of hydrogen-bond donors (Lipinski definition) is 1. The fraction of sp³-hybridized carbons (Fsp3) is 0.429. The Bertz CT molecular complexity index is 943. The molecule has 2 heterocycles. The summed E-state index contributed by atoms with van der Waals surface area (Å²) in [6.07, 6.45) is 1.90. The zero-order chi connectivity index (χ0) is 20.5. The number of nitro benzene ring substituents is 1. The summed E-state index contributed by atoms with van der Waals surface area (Å²) in [5.41, 5.74) is 3.13. The molecule has 0 radical (unpaired) electrons. The van der Waals surface area contributed by atoms with E-state index in [1.807, 2.05) is 6.92 Å². The van der Waals surface area contributed by atoms with Gasteiger partial charge in [0, 0.05) is 60.1 Å². The number of dihydropyridines is 1. The summed E-state index contributed by atoms with van der Waals surface area (Å²) in [7, 11) is 0. The number of amides is 1. The molecule has 1 aromatic rings. The largest absolute Gasteiger partial charge is 0.378 e. The zero-order valence-corrected chi connectivity index (χ0v) is 16.3. The molecule has 8 heteroatoms. The summed E-state index contributed by atoms with van der Waals surface area (Å²) in [4.78, 5) is 38.9. The molecule has 1 N–H and O–H groups in total. The van der Waals surface area contributed by atoms with Gasteiger partial charge in [-0.1, -0.05) is 12.1 Å². The lowest BCUT2D eigenvalue weighted by molar-refractivity contribution is -0.384. The number of morpholine rings is 1. The Morgan fingerprint density at radius 1 is 1.28 bits per heavy atom. The van der Waals surface area contributed by atoms with Gasteiger partial charge < -0.3 is 15.0 Å². The number of carbonyl (C=O) groups excluding carboxylic acids is 2. The molecule has 0 aromatic heterocycles. The monoisotopic (exact) mass is 397 g/mol. The number of ketones is 1. The number of hydrogen-bond acceptors (Lipinski definition) is 6. The molecule has 1 amide bonds. The van der Waals surface area contributed by atoms with Crippen molar-refractivity contribution in [1.82, 2.24) is 10.2 Å². The highest BCUT2D eigenvalue weighted by molar-refractivity contribution is 6.05. The summed E-state index contributed by atoms with van der Waals surface area (Å²) < 4.78 is 5.36. The average molecular weight is 397 g/mol. The van der Waals surface area contributed by atoms with Crippen LogP contribution in [0.3, 0.4) is 0 Å². The third-order valence-corrected chi connectivity index (χ3v) is 5.72. The summed E-state index contributed by atoms with van der Waals surface area (Å²) in [6, 6.07) is 6.26. The first-order chi connectivity index (χ1) is 14.0. The van der Waals surface area contributed by atoms with Crippen molar-refractivity contribution in [3.63, 3.8) is 0 Å². The summed E-state index contributed by atoms with van der Waals surface area (Å²) in [5, 5.41) is 14.6. The third-order valence-electron chi connectivity index (χ3n) is 5.72. The second kappa shape index (κ2) is 7.79. The minimum atomic E-state index is -0.603. The van der Waals surface area contributed by atoms with E-state index in [4.69, 9.17) is 4.74 Å². The number of rotatable bonds is 3. The zero-order valence-electron chi connectivity index (χ0n) is 16.3. The molecule has 0 saturated carbocycles. The Labute approximate surface area is 168 Å². The van der Waals surface area contributed by atoms with E-state index in [1.54, 1.807) is 17.0 Å². The van der Waals surface area contributed by atoms with Gasteiger partial charge in [0.15, 0.2) is 5.78 Å². The second-order valence-electron chi connectivity index (χ2n) is 7.52. The van der Waals surface area contributed by atoms with Gasteiger partial charge >= 0.3 is 0 Å². The summed E-state index contributed by atoms with van der Waals surface area (Å²) >= 11 is 0. The third kappa shape index (κ3) is 3.55. The highest BCUT2D eigenvalue weighted by Crippen LogP contribution is 2.43. The van der Waals surface area contributed by atoms with Gasteiger partial charge in [-0.2, -0.15) is 0 Å². The highest BCUT2D eigenvalue weighted by Gasteiger charge is 2.40. The fourth-order valence-electron chi connectivity index (χ4n) is 4.35. The number of benzene rings is 1. The first-order valence-corrected chi connectivity index (χ1v) is 9.82. The molecular formula is C21H23N3O5. The van der Waals surface area contributed by atoms with Gasteiger partial charge in [0.05, 0.1) is 18.1 Å². The molecule has 1 fully saturated rings. The second-order valence-corrected chi connectivity index (χ2v) is 7.52. The average Bonchev–Trinajstić information content (AvgIpc) is 2.73. The van der Waals surface area contributed by atoms with Crippen LogP contribution in [0.2, 0.25) is 0 Å². The molecule has 0 bridgehead atoms. The quantitative estimate of drug-likeness (QED) is 0.621. The number of non-ortho nitro benzene ring substituents is 1. The molecule has 1 atom stereocenters. The lowest BCUT2D eigenvalue weighted by Gasteiger charge is -2.37. The molecule has 8 nitrogen and oxygen atoms in total.